The minimum Gasteiger partial charge on any atom is -0.419 e. The van der Waals surface area contributed by atoms with Crippen LogP contribution in [0.3, 0.4) is 0 Å². The SMILES string of the molecule is CCN1CCN([C@H](c2ccc(Br)cc2)c2nnc(-c3ccccc3)o2)CC1. The minimum atomic E-state index is -0.0259. The lowest BCUT2D eigenvalue weighted by Crippen LogP contribution is -2.47. The smallest absolute Gasteiger partial charge is 0.247 e. The molecule has 0 unspecified atom stereocenters. The summed E-state index contributed by atoms with van der Waals surface area (Å²) in [5, 5.41) is 8.74. The van der Waals surface area contributed by atoms with Gasteiger partial charge in [-0.05, 0) is 36.4 Å². The Balaban J connectivity index is 1.66. The van der Waals surface area contributed by atoms with E-state index in [9.17, 15) is 0 Å². The van der Waals surface area contributed by atoms with Crippen molar-refractivity contribution in [3.63, 3.8) is 0 Å². The topological polar surface area (TPSA) is 45.4 Å². The second-order valence-corrected chi connectivity index (χ2v) is 7.65. The summed E-state index contributed by atoms with van der Waals surface area (Å²) in [6.45, 7) is 7.39. The van der Waals surface area contributed by atoms with Gasteiger partial charge in [-0.3, -0.25) is 4.90 Å². The van der Waals surface area contributed by atoms with Crippen LogP contribution in [0.1, 0.15) is 24.4 Å². The van der Waals surface area contributed by atoms with Gasteiger partial charge in [0.05, 0.1) is 0 Å². The Morgan fingerprint density at radius 1 is 0.963 bits per heavy atom. The van der Waals surface area contributed by atoms with E-state index in [1.165, 1.54) is 5.56 Å². The van der Waals surface area contributed by atoms with Crippen LogP contribution in [0.2, 0.25) is 0 Å². The standard InChI is InChI=1S/C21H23BrN4O/c1-2-25-12-14-26(15-13-25)19(16-8-10-18(22)11-9-16)21-24-23-20(27-21)17-6-4-3-5-7-17/h3-11,19H,2,12-15H2,1H3/t19-/m1/s1. The summed E-state index contributed by atoms with van der Waals surface area (Å²) in [6.07, 6.45) is 0. The van der Waals surface area contributed by atoms with E-state index >= 15 is 0 Å². The summed E-state index contributed by atoms with van der Waals surface area (Å²) in [6, 6.07) is 18.3. The van der Waals surface area contributed by atoms with Crippen LogP contribution in [-0.4, -0.2) is 52.7 Å². The highest BCUT2D eigenvalue weighted by atomic mass is 79.9. The molecule has 27 heavy (non-hydrogen) atoms. The number of piperazine rings is 1. The van der Waals surface area contributed by atoms with Gasteiger partial charge in [-0.2, -0.15) is 0 Å². The van der Waals surface area contributed by atoms with Crippen molar-refractivity contribution < 1.29 is 4.42 Å². The highest BCUT2D eigenvalue weighted by molar-refractivity contribution is 9.10. The molecule has 3 aromatic rings. The van der Waals surface area contributed by atoms with E-state index in [2.05, 4.69) is 67.1 Å². The Labute approximate surface area is 168 Å². The molecule has 1 saturated heterocycles. The molecule has 140 valence electrons. The van der Waals surface area contributed by atoms with Gasteiger partial charge in [0.15, 0.2) is 0 Å². The van der Waals surface area contributed by atoms with Gasteiger partial charge in [-0.1, -0.05) is 53.2 Å². The van der Waals surface area contributed by atoms with E-state index in [-0.39, 0.29) is 6.04 Å². The van der Waals surface area contributed by atoms with Crippen LogP contribution in [0.15, 0.2) is 63.5 Å². The predicted molar refractivity (Wildman–Crippen MR) is 109 cm³/mol. The molecule has 1 aliphatic heterocycles. The van der Waals surface area contributed by atoms with Crippen LogP contribution in [0.25, 0.3) is 11.5 Å². The monoisotopic (exact) mass is 426 g/mol. The van der Waals surface area contributed by atoms with Crippen molar-refractivity contribution in [3.05, 3.63) is 70.5 Å². The fourth-order valence-electron chi connectivity index (χ4n) is 3.53. The van der Waals surface area contributed by atoms with Gasteiger partial charge in [0.1, 0.15) is 6.04 Å². The summed E-state index contributed by atoms with van der Waals surface area (Å²) in [5.41, 5.74) is 2.12. The van der Waals surface area contributed by atoms with Gasteiger partial charge in [-0.25, -0.2) is 0 Å². The largest absolute Gasteiger partial charge is 0.419 e. The Bertz CT molecular complexity index is 857. The zero-order valence-electron chi connectivity index (χ0n) is 15.4. The normalized spacial score (nSPS) is 17.1. The molecule has 0 aliphatic carbocycles. The van der Waals surface area contributed by atoms with Crippen molar-refractivity contribution in [2.45, 2.75) is 13.0 Å². The number of hydrogen-bond acceptors (Lipinski definition) is 5. The van der Waals surface area contributed by atoms with Crippen molar-refractivity contribution in [2.24, 2.45) is 0 Å². The van der Waals surface area contributed by atoms with E-state index in [0.717, 1.165) is 42.8 Å². The molecule has 1 fully saturated rings. The molecule has 0 amide bonds. The first-order valence-corrected chi connectivity index (χ1v) is 10.1. The Morgan fingerprint density at radius 2 is 1.67 bits per heavy atom. The molecular formula is C21H23BrN4O. The number of rotatable bonds is 5. The maximum absolute atomic E-state index is 6.13. The predicted octanol–water partition coefficient (Wildman–Crippen LogP) is 4.23. The molecule has 2 heterocycles. The molecule has 0 saturated carbocycles. The first-order chi connectivity index (χ1) is 13.2. The van der Waals surface area contributed by atoms with Crippen LogP contribution in [0.4, 0.5) is 0 Å². The number of likely N-dealkylation sites (N-methyl/N-ethyl adjacent to an activating group) is 1. The number of aromatic nitrogens is 2. The molecular weight excluding hydrogens is 404 g/mol. The Kier molecular flexibility index (Phi) is 5.66. The number of benzene rings is 2. The molecule has 1 aliphatic rings. The Hall–Kier alpha value is -2.02. The second kappa shape index (κ2) is 8.33. The molecule has 0 bridgehead atoms. The Morgan fingerprint density at radius 3 is 2.33 bits per heavy atom. The van der Waals surface area contributed by atoms with Gasteiger partial charge in [0, 0.05) is 36.2 Å². The molecule has 1 atom stereocenters. The number of halogens is 1. The summed E-state index contributed by atoms with van der Waals surface area (Å²) < 4.78 is 7.20. The zero-order valence-corrected chi connectivity index (χ0v) is 17.0. The van der Waals surface area contributed by atoms with Gasteiger partial charge >= 0.3 is 0 Å². The van der Waals surface area contributed by atoms with E-state index in [4.69, 9.17) is 4.42 Å². The lowest BCUT2D eigenvalue weighted by Gasteiger charge is -2.37. The van der Waals surface area contributed by atoms with E-state index in [1.54, 1.807) is 0 Å². The van der Waals surface area contributed by atoms with E-state index in [1.807, 2.05) is 30.3 Å². The third kappa shape index (κ3) is 4.13. The van der Waals surface area contributed by atoms with Crippen molar-refractivity contribution in [3.8, 4) is 11.5 Å². The fraction of sp³-hybridized carbons (Fsp3) is 0.333. The number of hydrogen-bond donors (Lipinski definition) is 0. The third-order valence-corrected chi connectivity index (χ3v) is 5.63. The molecule has 5 nitrogen and oxygen atoms in total. The van der Waals surface area contributed by atoms with Crippen LogP contribution in [0, 0.1) is 0 Å². The average Bonchev–Trinajstić information content (AvgIpc) is 3.20. The molecule has 2 aromatic carbocycles. The van der Waals surface area contributed by atoms with Crippen molar-refractivity contribution >= 4 is 15.9 Å². The quantitative estimate of drug-likeness (QED) is 0.610. The summed E-state index contributed by atoms with van der Waals surface area (Å²) in [5.74, 6) is 1.22. The molecule has 0 radical (unpaired) electrons. The van der Waals surface area contributed by atoms with Gasteiger partial charge < -0.3 is 9.32 Å². The molecule has 0 spiro atoms. The first-order valence-electron chi connectivity index (χ1n) is 9.35. The van der Waals surface area contributed by atoms with Crippen LogP contribution in [0.5, 0.6) is 0 Å². The highest BCUT2D eigenvalue weighted by Gasteiger charge is 2.30. The highest BCUT2D eigenvalue weighted by Crippen LogP contribution is 2.31. The van der Waals surface area contributed by atoms with Crippen LogP contribution >= 0.6 is 15.9 Å². The van der Waals surface area contributed by atoms with E-state index < -0.39 is 0 Å². The van der Waals surface area contributed by atoms with Crippen LogP contribution < -0.4 is 0 Å². The molecule has 4 rings (SSSR count). The maximum atomic E-state index is 6.13. The van der Waals surface area contributed by atoms with Gasteiger partial charge in [-0.15, -0.1) is 10.2 Å². The van der Waals surface area contributed by atoms with E-state index in [0.29, 0.717) is 11.8 Å². The van der Waals surface area contributed by atoms with Crippen molar-refractivity contribution in [1.82, 2.24) is 20.0 Å². The molecule has 1 aromatic heterocycles. The van der Waals surface area contributed by atoms with Gasteiger partial charge in [0.25, 0.3) is 0 Å². The first kappa shape index (κ1) is 18.3. The summed E-state index contributed by atoms with van der Waals surface area (Å²) >= 11 is 3.53. The zero-order chi connectivity index (χ0) is 18.6. The van der Waals surface area contributed by atoms with Crippen molar-refractivity contribution in [1.29, 1.82) is 0 Å². The van der Waals surface area contributed by atoms with Crippen LogP contribution in [-0.2, 0) is 0 Å². The lowest BCUT2D eigenvalue weighted by atomic mass is 10.0. The van der Waals surface area contributed by atoms with Gasteiger partial charge in [0.2, 0.25) is 11.8 Å². The summed E-state index contributed by atoms with van der Waals surface area (Å²) in [7, 11) is 0. The third-order valence-electron chi connectivity index (χ3n) is 5.10. The minimum absolute atomic E-state index is 0.0259. The second-order valence-electron chi connectivity index (χ2n) is 6.74. The maximum Gasteiger partial charge on any atom is 0.247 e. The average molecular weight is 427 g/mol. The lowest BCUT2D eigenvalue weighted by molar-refractivity contribution is 0.103. The fourth-order valence-corrected chi connectivity index (χ4v) is 3.80. The molecule has 6 heteroatoms. The number of nitrogens with zero attached hydrogens (tertiary/aromatic N) is 4. The molecule has 0 N–H and O–H groups in total. The summed E-state index contributed by atoms with van der Waals surface area (Å²) in [4.78, 5) is 4.91. The van der Waals surface area contributed by atoms with Crippen molar-refractivity contribution in [2.75, 3.05) is 32.7 Å².